The number of nitrogens with one attached hydrogen (secondary N) is 1. The number of benzene rings is 3. The molecule has 1 amide bonds. The molecule has 27 heavy (non-hydrogen) atoms. The van der Waals surface area contributed by atoms with Crippen LogP contribution in [0.15, 0.2) is 65.6 Å². The van der Waals surface area contributed by atoms with Crippen molar-refractivity contribution >= 4 is 38.1 Å². The van der Waals surface area contributed by atoms with E-state index in [2.05, 4.69) is 4.72 Å². The van der Waals surface area contributed by atoms with Crippen LogP contribution in [0.4, 0.5) is 11.4 Å². The first-order valence-electron chi connectivity index (χ1n) is 8.80. The van der Waals surface area contributed by atoms with Crippen LogP contribution in [0.2, 0.25) is 0 Å². The Morgan fingerprint density at radius 3 is 2.59 bits per heavy atom. The molecule has 0 radical (unpaired) electrons. The molecular formula is C21H20N2O3S. The minimum Gasteiger partial charge on any atom is -0.309 e. The molecule has 3 aromatic carbocycles. The molecule has 0 fully saturated rings. The number of anilines is 2. The maximum absolute atomic E-state index is 13.0. The van der Waals surface area contributed by atoms with E-state index in [0.29, 0.717) is 12.1 Å². The van der Waals surface area contributed by atoms with Gasteiger partial charge in [0.1, 0.15) is 0 Å². The van der Waals surface area contributed by atoms with Gasteiger partial charge >= 0.3 is 0 Å². The summed E-state index contributed by atoms with van der Waals surface area (Å²) in [5.41, 5.74) is 2.21. The monoisotopic (exact) mass is 380 g/mol. The molecule has 1 unspecified atom stereocenters. The highest BCUT2D eigenvalue weighted by Crippen LogP contribution is 2.34. The maximum atomic E-state index is 13.0. The first-order valence-corrected chi connectivity index (χ1v) is 10.3. The zero-order chi connectivity index (χ0) is 19.2. The van der Waals surface area contributed by atoms with E-state index in [0.717, 1.165) is 22.0 Å². The number of sulfonamides is 1. The van der Waals surface area contributed by atoms with Gasteiger partial charge in [-0.2, -0.15) is 0 Å². The van der Waals surface area contributed by atoms with Crippen molar-refractivity contribution < 1.29 is 13.2 Å². The van der Waals surface area contributed by atoms with Crippen LogP contribution in [0.3, 0.4) is 0 Å². The lowest BCUT2D eigenvalue weighted by atomic mass is 10.1. The molecule has 0 spiro atoms. The third-order valence-corrected chi connectivity index (χ3v) is 6.31. The number of amides is 1. The number of carbonyl (C=O) groups is 1. The molecule has 6 heteroatoms. The summed E-state index contributed by atoms with van der Waals surface area (Å²) in [4.78, 5) is 13.8. The van der Waals surface area contributed by atoms with E-state index in [1.165, 1.54) is 6.92 Å². The van der Waals surface area contributed by atoms with Crippen LogP contribution in [-0.4, -0.2) is 20.4 Å². The third kappa shape index (κ3) is 3.06. The average Bonchev–Trinajstić information content (AvgIpc) is 2.97. The fourth-order valence-corrected chi connectivity index (χ4v) is 4.90. The van der Waals surface area contributed by atoms with Crippen molar-refractivity contribution in [1.82, 2.24) is 0 Å². The van der Waals surface area contributed by atoms with Crippen molar-refractivity contribution in [3.8, 4) is 0 Å². The van der Waals surface area contributed by atoms with Gasteiger partial charge < -0.3 is 4.90 Å². The predicted octanol–water partition coefficient (Wildman–Crippen LogP) is 3.94. The highest BCUT2D eigenvalue weighted by molar-refractivity contribution is 7.92. The van der Waals surface area contributed by atoms with Gasteiger partial charge in [0.25, 0.3) is 10.0 Å². The Kier molecular flexibility index (Phi) is 4.15. The summed E-state index contributed by atoms with van der Waals surface area (Å²) in [6, 6.07) is 18.1. The number of carbonyl (C=O) groups excluding carboxylic acids is 1. The molecule has 1 atom stereocenters. The molecule has 1 aliphatic rings. The second-order valence-electron chi connectivity index (χ2n) is 6.86. The van der Waals surface area contributed by atoms with E-state index in [9.17, 15) is 13.2 Å². The van der Waals surface area contributed by atoms with Gasteiger partial charge in [0.15, 0.2) is 0 Å². The summed E-state index contributed by atoms with van der Waals surface area (Å²) in [6.07, 6.45) is 0.645. The topological polar surface area (TPSA) is 66.5 Å². The van der Waals surface area contributed by atoms with E-state index >= 15 is 0 Å². The Labute approximate surface area is 158 Å². The number of nitrogens with zero attached hydrogens (tertiary/aromatic N) is 1. The zero-order valence-corrected chi connectivity index (χ0v) is 16.0. The molecule has 0 saturated heterocycles. The Morgan fingerprint density at radius 1 is 1.07 bits per heavy atom. The van der Waals surface area contributed by atoms with Crippen LogP contribution in [0, 0.1) is 0 Å². The summed E-state index contributed by atoms with van der Waals surface area (Å²) in [7, 11) is -3.74. The van der Waals surface area contributed by atoms with Gasteiger partial charge in [-0.15, -0.1) is 0 Å². The number of hydrogen-bond acceptors (Lipinski definition) is 3. The molecule has 0 saturated carbocycles. The fraction of sp³-hybridized carbons (Fsp3) is 0.190. The number of hydrogen-bond donors (Lipinski definition) is 1. The maximum Gasteiger partial charge on any atom is 0.261 e. The molecule has 138 valence electrons. The highest BCUT2D eigenvalue weighted by atomic mass is 32.2. The van der Waals surface area contributed by atoms with Crippen LogP contribution in [0.25, 0.3) is 10.8 Å². The lowest BCUT2D eigenvalue weighted by Crippen LogP contribution is -2.33. The standard InChI is InChI=1S/C21H20N2O3S/c1-14-12-17-13-18(10-11-21(17)23(14)15(2)24)27(25,26)22-20-9-5-7-16-6-3-4-8-19(16)20/h3-11,13-14,22H,12H2,1-2H3. The van der Waals surface area contributed by atoms with Crippen LogP contribution < -0.4 is 9.62 Å². The van der Waals surface area contributed by atoms with Crippen LogP contribution in [0.1, 0.15) is 19.4 Å². The largest absolute Gasteiger partial charge is 0.309 e. The van der Waals surface area contributed by atoms with Gasteiger partial charge in [0.2, 0.25) is 5.91 Å². The zero-order valence-electron chi connectivity index (χ0n) is 15.1. The van der Waals surface area contributed by atoms with E-state index in [1.54, 1.807) is 29.2 Å². The van der Waals surface area contributed by atoms with Crippen molar-refractivity contribution in [3.63, 3.8) is 0 Å². The molecular weight excluding hydrogens is 360 g/mol. The van der Waals surface area contributed by atoms with Gasteiger partial charge in [-0.25, -0.2) is 8.42 Å². The molecule has 0 aromatic heterocycles. The normalized spacial score (nSPS) is 16.4. The number of rotatable bonds is 3. The van der Waals surface area contributed by atoms with Gasteiger partial charge in [-0.05, 0) is 48.6 Å². The van der Waals surface area contributed by atoms with Crippen LogP contribution >= 0.6 is 0 Å². The first kappa shape index (κ1) is 17.5. The molecule has 0 aliphatic carbocycles. The Bertz CT molecular complexity index is 1150. The quantitative estimate of drug-likeness (QED) is 0.748. The molecule has 1 aliphatic heterocycles. The van der Waals surface area contributed by atoms with Gasteiger partial charge in [0, 0.05) is 24.0 Å². The summed E-state index contributed by atoms with van der Waals surface area (Å²) in [6.45, 7) is 3.49. The van der Waals surface area contributed by atoms with Crippen molar-refractivity contribution in [2.24, 2.45) is 0 Å². The Morgan fingerprint density at radius 2 is 1.81 bits per heavy atom. The molecule has 3 aromatic rings. The summed E-state index contributed by atoms with van der Waals surface area (Å²) < 4.78 is 28.6. The highest BCUT2D eigenvalue weighted by Gasteiger charge is 2.30. The summed E-state index contributed by atoms with van der Waals surface area (Å²) in [5, 5.41) is 1.82. The first-order chi connectivity index (χ1) is 12.9. The lowest BCUT2D eigenvalue weighted by Gasteiger charge is -2.20. The van der Waals surface area contributed by atoms with E-state index in [-0.39, 0.29) is 16.8 Å². The summed E-state index contributed by atoms with van der Waals surface area (Å²) >= 11 is 0. The van der Waals surface area contributed by atoms with Gasteiger partial charge in [-0.1, -0.05) is 36.4 Å². The Balaban J connectivity index is 1.71. The SMILES string of the molecule is CC(=O)N1c2ccc(S(=O)(=O)Nc3cccc4ccccc34)cc2CC1C. The van der Waals surface area contributed by atoms with E-state index in [4.69, 9.17) is 0 Å². The molecule has 1 N–H and O–H groups in total. The van der Waals surface area contributed by atoms with Crippen LogP contribution in [-0.2, 0) is 21.2 Å². The van der Waals surface area contributed by atoms with Crippen molar-refractivity contribution in [1.29, 1.82) is 0 Å². The minimum atomic E-state index is -3.74. The van der Waals surface area contributed by atoms with Crippen molar-refractivity contribution in [2.45, 2.75) is 31.2 Å². The minimum absolute atomic E-state index is 0.0291. The molecule has 1 heterocycles. The molecule has 0 bridgehead atoms. The summed E-state index contributed by atoms with van der Waals surface area (Å²) in [5.74, 6) is -0.0364. The van der Waals surface area contributed by atoms with Gasteiger partial charge in [-0.3, -0.25) is 9.52 Å². The fourth-order valence-electron chi connectivity index (χ4n) is 3.77. The third-order valence-electron chi connectivity index (χ3n) is 4.95. The average molecular weight is 380 g/mol. The van der Waals surface area contributed by atoms with Crippen molar-refractivity contribution in [2.75, 3.05) is 9.62 Å². The smallest absolute Gasteiger partial charge is 0.261 e. The predicted molar refractivity (Wildman–Crippen MR) is 108 cm³/mol. The van der Waals surface area contributed by atoms with E-state index < -0.39 is 10.0 Å². The van der Waals surface area contributed by atoms with Crippen LogP contribution in [0.5, 0.6) is 0 Å². The van der Waals surface area contributed by atoms with Gasteiger partial charge in [0.05, 0.1) is 10.6 Å². The van der Waals surface area contributed by atoms with Crippen molar-refractivity contribution in [3.05, 3.63) is 66.2 Å². The van der Waals surface area contributed by atoms with E-state index in [1.807, 2.05) is 43.3 Å². The molecule has 5 nitrogen and oxygen atoms in total. The lowest BCUT2D eigenvalue weighted by molar-refractivity contribution is -0.116. The number of fused-ring (bicyclic) bond motifs is 2. The Hall–Kier alpha value is -2.86. The molecule has 4 rings (SSSR count). The second-order valence-corrected chi connectivity index (χ2v) is 8.55. The second kappa shape index (κ2) is 6.39.